The number of hydrogen-bond acceptors (Lipinski definition) is 1. The molecule has 3 heteroatoms. The maximum absolute atomic E-state index is 13.6. The van der Waals surface area contributed by atoms with Gasteiger partial charge >= 0.3 is 0 Å². The van der Waals surface area contributed by atoms with Crippen molar-refractivity contribution in [3.05, 3.63) is 76.5 Å². The number of nitrogens with zero attached hydrogens (tertiary/aromatic N) is 1. The SMILES string of the molecule is Cc1c(F)ccc2ccc(-c3ccccc3)c(=O)n12. The van der Waals surface area contributed by atoms with Crippen molar-refractivity contribution in [1.82, 2.24) is 4.40 Å². The van der Waals surface area contributed by atoms with Gasteiger partial charge in [0.15, 0.2) is 0 Å². The van der Waals surface area contributed by atoms with Gasteiger partial charge in [0.05, 0.1) is 5.69 Å². The molecule has 2 heterocycles. The van der Waals surface area contributed by atoms with Crippen LogP contribution in [-0.2, 0) is 0 Å². The second-order valence-corrected chi connectivity index (χ2v) is 4.45. The van der Waals surface area contributed by atoms with Gasteiger partial charge in [0.1, 0.15) is 5.82 Å². The van der Waals surface area contributed by atoms with Crippen molar-refractivity contribution in [2.45, 2.75) is 6.92 Å². The molecule has 0 saturated heterocycles. The van der Waals surface area contributed by atoms with Gasteiger partial charge in [-0.15, -0.1) is 0 Å². The number of rotatable bonds is 1. The Morgan fingerprint density at radius 3 is 2.37 bits per heavy atom. The zero-order valence-electron chi connectivity index (χ0n) is 10.4. The van der Waals surface area contributed by atoms with Crippen LogP contribution in [0.4, 0.5) is 4.39 Å². The van der Waals surface area contributed by atoms with Crippen LogP contribution in [-0.4, -0.2) is 4.40 Å². The van der Waals surface area contributed by atoms with Gasteiger partial charge in [0.25, 0.3) is 5.56 Å². The number of benzene rings is 1. The van der Waals surface area contributed by atoms with Crippen molar-refractivity contribution in [3.63, 3.8) is 0 Å². The summed E-state index contributed by atoms with van der Waals surface area (Å²) in [6.45, 7) is 1.61. The van der Waals surface area contributed by atoms with E-state index < -0.39 is 0 Å². The molecule has 0 spiro atoms. The van der Waals surface area contributed by atoms with Gasteiger partial charge in [-0.25, -0.2) is 4.39 Å². The van der Waals surface area contributed by atoms with Crippen molar-refractivity contribution in [3.8, 4) is 11.1 Å². The highest BCUT2D eigenvalue weighted by atomic mass is 19.1. The van der Waals surface area contributed by atoms with Gasteiger partial charge in [-0.1, -0.05) is 30.3 Å². The van der Waals surface area contributed by atoms with Crippen molar-refractivity contribution in [2.75, 3.05) is 0 Å². The molecule has 0 radical (unpaired) electrons. The van der Waals surface area contributed by atoms with Gasteiger partial charge in [-0.05, 0) is 36.8 Å². The van der Waals surface area contributed by atoms with Crippen LogP contribution in [0.15, 0.2) is 59.4 Å². The highest BCUT2D eigenvalue weighted by Crippen LogP contribution is 2.17. The molecule has 0 aliphatic heterocycles. The number of halogens is 1. The van der Waals surface area contributed by atoms with Gasteiger partial charge in [-0.2, -0.15) is 0 Å². The Hall–Kier alpha value is -2.42. The lowest BCUT2D eigenvalue weighted by Gasteiger charge is -2.08. The fourth-order valence-electron chi connectivity index (χ4n) is 2.25. The molecule has 3 rings (SSSR count). The maximum Gasteiger partial charge on any atom is 0.263 e. The van der Waals surface area contributed by atoms with E-state index in [1.807, 2.05) is 36.4 Å². The quantitative estimate of drug-likeness (QED) is 0.651. The first-order chi connectivity index (χ1) is 9.18. The van der Waals surface area contributed by atoms with Crippen LogP contribution in [0.5, 0.6) is 0 Å². The minimum Gasteiger partial charge on any atom is -0.278 e. The molecule has 2 nitrogen and oxygen atoms in total. The van der Waals surface area contributed by atoms with Gasteiger partial charge in [-0.3, -0.25) is 9.20 Å². The first-order valence-electron chi connectivity index (χ1n) is 6.05. The minimum absolute atomic E-state index is 0.194. The second-order valence-electron chi connectivity index (χ2n) is 4.45. The molecule has 0 aliphatic carbocycles. The average Bonchev–Trinajstić information content (AvgIpc) is 2.44. The summed E-state index contributed by atoms with van der Waals surface area (Å²) in [7, 11) is 0. The smallest absolute Gasteiger partial charge is 0.263 e. The van der Waals surface area contributed by atoms with Crippen molar-refractivity contribution < 1.29 is 4.39 Å². The Labute approximate surface area is 109 Å². The molecule has 0 fully saturated rings. The third kappa shape index (κ3) is 1.83. The Balaban J connectivity index is 2.39. The average molecular weight is 253 g/mol. The Bertz CT molecular complexity index is 806. The van der Waals surface area contributed by atoms with Crippen molar-refractivity contribution in [1.29, 1.82) is 0 Å². The molecule has 0 amide bonds. The fraction of sp³-hybridized carbons (Fsp3) is 0.0625. The summed E-state index contributed by atoms with van der Waals surface area (Å²) in [6, 6.07) is 16.0. The van der Waals surface area contributed by atoms with E-state index in [2.05, 4.69) is 0 Å². The van der Waals surface area contributed by atoms with Crippen LogP contribution in [0.3, 0.4) is 0 Å². The van der Waals surface area contributed by atoms with E-state index >= 15 is 0 Å². The highest BCUT2D eigenvalue weighted by molar-refractivity contribution is 5.65. The zero-order chi connectivity index (χ0) is 13.4. The van der Waals surface area contributed by atoms with Crippen LogP contribution in [0.2, 0.25) is 0 Å². The summed E-state index contributed by atoms with van der Waals surface area (Å²) in [5.41, 5.74) is 2.25. The van der Waals surface area contributed by atoms with Crippen LogP contribution in [0.25, 0.3) is 16.6 Å². The predicted molar refractivity (Wildman–Crippen MR) is 73.8 cm³/mol. The van der Waals surface area contributed by atoms with Crippen molar-refractivity contribution in [2.24, 2.45) is 0 Å². The normalized spacial score (nSPS) is 10.8. The summed E-state index contributed by atoms with van der Waals surface area (Å²) < 4.78 is 15.0. The lowest BCUT2D eigenvalue weighted by Crippen LogP contribution is -2.18. The van der Waals surface area contributed by atoms with Crippen LogP contribution in [0.1, 0.15) is 5.69 Å². The van der Waals surface area contributed by atoms with E-state index in [-0.39, 0.29) is 11.4 Å². The molecule has 0 aliphatic rings. The van der Waals surface area contributed by atoms with E-state index in [9.17, 15) is 9.18 Å². The van der Waals surface area contributed by atoms with E-state index in [1.54, 1.807) is 19.1 Å². The van der Waals surface area contributed by atoms with Crippen LogP contribution in [0, 0.1) is 12.7 Å². The number of pyridine rings is 2. The second kappa shape index (κ2) is 4.35. The Kier molecular flexibility index (Phi) is 2.67. The molecule has 19 heavy (non-hydrogen) atoms. The van der Waals surface area contributed by atoms with E-state index in [0.29, 0.717) is 16.8 Å². The van der Waals surface area contributed by atoms with E-state index in [4.69, 9.17) is 0 Å². The number of hydrogen-bond donors (Lipinski definition) is 0. The first kappa shape index (κ1) is 11.7. The van der Waals surface area contributed by atoms with Crippen LogP contribution >= 0.6 is 0 Å². The fourth-order valence-corrected chi connectivity index (χ4v) is 2.25. The summed E-state index contributed by atoms with van der Waals surface area (Å²) in [6.07, 6.45) is 0. The summed E-state index contributed by atoms with van der Waals surface area (Å²) >= 11 is 0. The lowest BCUT2D eigenvalue weighted by atomic mass is 10.1. The standard InChI is InChI=1S/C16H12FNO/c1-11-15(17)10-8-13-7-9-14(16(19)18(11)13)12-5-3-2-4-6-12/h2-10H,1H3. The molecular formula is C16H12FNO. The molecule has 1 aromatic carbocycles. The molecule has 0 bridgehead atoms. The van der Waals surface area contributed by atoms with Gasteiger partial charge in [0.2, 0.25) is 0 Å². The van der Waals surface area contributed by atoms with Crippen LogP contribution < -0.4 is 5.56 Å². The van der Waals surface area contributed by atoms with Crippen molar-refractivity contribution >= 4 is 5.52 Å². The highest BCUT2D eigenvalue weighted by Gasteiger charge is 2.09. The molecular weight excluding hydrogens is 241 g/mol. The number of aromatic nitrogens is 1. The number of aryl methyl sites for hydroxylation is 1. The largest absolute Gasteiger partial charge is 0.278 e. The third-order valence-electron chi connectivity index (χ3n) is 3.28. The Morgan fingerprint density at radius 1 is 0.947 bits per heavy atom. The Morgan fingerprint density at radius 2 is 1.63 bits per heavy atom. The molecule has 0 saturated carbocycles. The predicted octanol–water partition coefficient (Wildman–Crippen LogP) is 3.41. The summed E-state index contributed by atoms with van der Waals surface area (Å²) in [5.74, 6) is -0.375. The summed E-state index contributed by atoms with van der Waals surface area (Å²) in [4.78, 5) is 12.5. The molecule has 3 aromatic rings. The minimum atomic E-state index is -0.375. The lowest BCUT2D eigenvalue weighted by molar-refractivity contribution is 0.605. The summed E-state index contributed by atoms with van der Waals surface area (Å²) in [5, 5.41) is 0. The van der Waals surface area contributed by atoms with Gasteiger partial charge in [0, 0.05) is 11.1 Å². The monoisotopic (exact) mass is 253 g/mol. The zero-order valence-corrected chi connectivity index (χ0v) is 10.4. The third-order valence-corrected chi connectivity index (χ3v) is 3.28. The molecule has 0 unspecified atom stereocenters. The molecule has 0 atom stereocenters. The van der Waals surface area contributed by atoms with E-state index in [1.165, 1.54) is 10.5 Å². The maximum atomic E-state index is 13.6. The van der Waals surface area contributed by atoms with E-state index in [0.717, 1.165) is 5.56 Å². The number of fused-ring (bicyclic) bond motifs is 1. The molecule has 0 N–H and O–H groups in total. The first-order valence-corrected chi connectivity index (χ1v) is 6.05. The topological polar surface area (TPSA) is 21.5 Å². The molecule has 2 aromatic heterocycles. The molecule has 94 valence electrons. The van der Waals surface area contributed by atoms with Gasteiger partial charge < -0.3 is 0 Å².